The van der Waals surface area contributed by atoms with Crippen molar-refractivity contribution in [3.8, 4) is 0 Å². The van der Waals surface area contributed by atoms with Crippen LogP contribution in [0.1, 0.15) is 16.7 Å². The molecule has 3 aromatic rings. The van der Waals surface area contributed by atoms with Gasteiger partial charge < -0.3 is 5.73 Å². The predicted octanol–water partition coefficient (Wildman–Crippen LogP) is 5.03. The minimum Gasteiger partial charge on any atom is -0.384 e. The number of amidine groups is 1. The third-order valence-electron chi connectivity index (χ3n) is 3.67. The highest BCUT2D eigenvalue weighted by molar-refractivity contribution is 6.30. The summed E-state index contributed by atoms with van der Waals surface area (Å²) in [6, 6.07) is 19.7. The Morgan fingerprint density at radius 1 is 0.920 bits per heavy atom. The van der Waals surface area contributed by atoms with Gasteiger partial charge in [0, 0.05) is 17.4 Å². The normalized spacial score (nSPS) is 11.8. The molecule has 124 valence electrons. The largest absolute Gasteiger partial charge is 0.384 e. The zero-order chi connectivity index (χ0) is 17.5. The minimum atomic E-state index is 0.447. The summed E-state index contributed by atoms with van der Waals surface area (Å²) in [6.07, 6.45) is 8.27. The van der Waals surface area contributed by atoms with Crippen LogP contribution in [0.15, 0.2) is 84.1 Å². The molecular weight excluding hydrogens is 330 g/mol. The monoisotopic (exact) mass is 347 g/mol. The molecule has 3 nitrogen and oxygen atoms in total. The van der Waals surface area contributed by atoms with Crippen molar-refractivity contribution < 1.29 is 0 Å². The molecule has 0 aliphatic rings. The molecule has 25 heavy (non-hydrogen) atoms. The van der Waals surface area contributed by atoms with E-state index in [2.05, 4.69) is 34.2 Å². The van der Waals surface area contributed by atoms with E-state index in [1.807, 2.05) is 42.7 Å². The summed E-state index contributed by atoms with van der Waals surface area (Å²) in [5.74, 6) is 0.447. The number of pyridine rings is 1. The molecule has 4 heteroatoms. The molecule has 1 aromatic heterocycles. The lowest BCUT2D eigenvalue weighted by atomic mass is 10.0. The van der Waals surface area contributed by atoms with Gasteiger partial charge >= 0.3 is 0 Å². The number of hydrogen-bond acceptors (Lipinski definition) is 2. The van der Waals surface area contributed by atoms with Gasteiger partial charge in [-0.05, 0) is 65.6 Å². The number of hydrogen-bond donors (Lipinski definition) is 1. The molecule has 0 atom stereocenters. The van der Waals surface area contributed by atoms with E-state index in [1.54, 1.807) is 18.2 Å². The summed E-state index contributed by atoms with van der Waals surface area (Å²) in [4.78, 5) is 8.37. The van der Waals surface area contributed by atoms with Crippen LogP contribution in [-0.4, -0.2) is 10.8 Å². The maximum absolute atomic E-state index is 5.95. The van der Waals surface area contributed by atoms with Crippen molar-refractivity contribution in [1.82, 2.24) is 4.98 Å². The number of nitrogens with zero attached hydrogens (tertiary/aromatic N) is 2. The van der Waals surface area contributed by atoms with Crippen molar-refractivity contribution in [2.45, 2.75) is 6.42 Å². The lowest BCUT2D eigenvalue weighted by Crippen LogP contribution is -2.06. The molecule has 0 aliphatic carbocycles. The molecule has 1 heterocycles. The molecule has 3 rings (SSSR count). The van der Waals surface area contributed by atoms with Crippen molar-refractivity contribution in [1.29, 1.82) is 0 Å². The maximum atomic E-state index is 5.95. The van der Waals surface area contributed by atoms with Crippen LogP contribution in [0.2, 0.25) is 5.02 Å². The molecule has 0 radical (unpaired) electrons. The fourth-order valence-corrected chi connectivity index (χ4v) is 2.49. The van der Waals surface area contributed by atoms with Crippen molar-refractivity contribution >= 4 is 29.2 Å². The fraction of sp³-hybridized carbons (Fsp3) is 0.0476. The van der Waals surface area contributed by atoms with E-state index in [0.717, 1.165) is 17.7 Å². The van der Waals surface area contributed by atoms with Crippen LogP contribution < -0.4 is 5.73 Å². The Morgan fingerprint density at radius 2 is 1.56 bits per heavy atom. The van der Waals surface area contributed by atoms with Gasteiger partial charge in [0.2, 0.25) is 0 Å². The van der Waals surface area contributed by atoms with Gasteiger partial charge in [0.05, 0.1) is 5.69 Å². The Labute approximate surface area is 152 Å². The number of nitrogens with two attached hydrogens (primary N) is 1. The number of aromatic nitrogens is 1. The Kier molecular flexibility index (Phi) is 5.60. The van der Waals surface area contributed by atoms with Gasteiger partial charge in [0.15, 0.2) is 0 Å². The second-order valence-corrected chi connectivity index (χ2v) is 6.06. The van der Waals surface area contributed by atoms with E-state index < -0.39 is 0 Å². The third kappa shape index (κ3) is 5.30. The molecule has 0 spiro atoms. The molecule has 0 fully saturated rings. The average molecular weight is 348 g/mol. The summed E-state index contributed by atoms with van der Waals surface area (Å²) in [5, 5.41) is 0.680. The zero-order valence-corrected chi connectivity index (χ0v) is 14.4. The second kappa shape index (κ2) is 8.27. The summed E-state index contributed by atoms with van der Waals surface area (Å²) in [6.45, 7) is 0. The highest BCUT2D eigenvalue weighted by Gasteiger charge is 1.96. The fourth-order valence-electron chi connectivity index (χ4n) is 2.37. The smallest absolute Gasteiger partial charge is 0.124 e. The van der Waals surface area contributed by atoms with E-state index in [0.29, 0.717) is 10.9 Å². The van der Waals surface area contributed by atoms with Gasteiger partial charge in [-0.1, -0.05) is 41.9 Å². The summed E-state index contributed by atoms with van der Waals surface area (Å²) in [7, 11) is 0. The SMILES string of the molecule is NC(C=Cc1ccc(Cc2ccncc2)cc1)=Nc1ccc(Cl)cc1. The molecule has 0 unspecified atom stereocenters. The van der Waals surface area contributed by atoms with E-state index in [4.69, 9.17) is 17.3 Å². The van der Waals surface area contributed by atoms with Gasteiger partial charge in [-0.2, -0.15) is 0 Å². The van der Waals surface area contributed by atoms with Gasteiger partial charge in [-0.3, -0.25) is 4.98 Å². The summed E-state index contributed by atoms with van der Waals surface area (Å²) >= 11 is 5.86. The van der Waals surface area contributed by atoms with Crippen LogP contribution in [0.25, 0.3) is 6.08 Å². The lowest BCUT2D eigenvalue weighted by Gasteiger charge is -2.02. The topological polar surface area (TPSA) is 51.3 Å². The number of benzene rings is 2. The van der Waals surface area contributed by atoms with Crippen LogP contribution in [0.5, 0.6) is 0 Å². The Hall–Kier alpha value is -2.91. The predicted molar refractivity (Wildman–Crippen MR) is 105 cm³/mol. The highest BCUT2D eigenvalue weighted by Crippen LogP contribution is 2.16. The molecule has 0 saturated carbocycles. The molecule has 2 N–H and O–H groups in total. The Balaban J connectivity index is 1.64. The van der Waals surface area contributed by atoms with E-state index >= 15 is 0 Å². The summed E-state index contributed by atoms with van der Waals surface area (Å²) in [5.41, 5.74) is 10.3. The average Bonchev–Trinajstić information content (AvgIpc) is 2.64. The van der Waals surface area contributed by atoms with Gasteiger partial charge in [-0.25, -0.2) is 4.99 Å². The van der Waals surface area contributed by atoms with Crippen molar-refractivity contribution in [2.75, 3.05) is 0 Å². The summed E-state index contributed by atoms with van der Waals surface area (Å²) < 4.78 is 0. The third-order valence-corrected chi connectivity index (χ3v) is 3.92. The van der Waals surface area contributed by atoms with Crippen LogP contribution in [0, 0.1) is 0 Å². The quantitative estimate of drug-likeness (QED) is 0.520. The lowest BCUT2D eigenvalue weighted by molar-refractivity contribution is 1.16. The number of rotatable bonds is 5. The Bertz CT molecular complexity index is 867. The number of halogens is 1. The minimum absolute atomic E-state index is 0.447. The van der Waals surface area contributed by atoms with Crippen LogP contribution in [0.3, 0.4) is 0 Å². The van der Waals surface area contributed by atoms with Gasteiger partial charge in [0.25, 0.3) is 0 Å². The van der Waals surface area contributed by atoms with Crippen molar-refractivity contribution in [2.24, 2.45) is 10.7 Å². The molecule has 2 aromatic carbocycles. The zero-order valence-electron chi connectivity index (χ0n) is 13.6. The van der Waals surface area contributed by atoms with Crippen LogP contribution in [0.4, 0.5) is 5.69 Å². The van der Waals surface area contributed by atoms with E-state index in [1.165, 1.54) is 11.1 Å². The maximum Gasteiger partial charge on any atom is 0.124 e. The number of aliphatic imine (C=N–C) groups is 1. The molecule has 0 aliphatic heterocycles. The molecular formula is C21H18ClN3. The van der Waals surface area contributed by atoms with E-state index in [9.17, 15) is 0 Å². The first-order chi connectivity index (χ1) is 12.2. The first-order valence-electron chi connectivity index (χ1n) is 7.95. The Morgan fingerprint density at radius 3 is 2.24 bits per heavy atom. The molecule has 0 bridgehead atoms. The van der Waals surface area contributed by atoms with Crippen molar-refractivity contribution in [3.05, 3.63) is 101 Å². The van der Waals surface area contributed by atoms with Crippen molar-refractivity contribution in [3.63, 3.8) is 0 Å². The van der Waals surface area contributed by atoms with Crippen LogP contribution in [-0.2, 0) is 6.42 Å². The molecule has 0 amide bonds. The second-order valence-electron chi connectivity index (χ2n) is 5.62. The first-order valence-corrected chi connectivity index (χ1v) is 8.32. The standard InChI is InChI=1S/C21H18ClN3/c22-19-6-8-20(9-7-19)25-21(23)10-5-16-1-3-17(4-2-16)15-18-11-13-24-14-12-18/h1-14H,15H2,(H2,23,25). The first kappa shape index (κ1) is 16.9. The molecule has 0 saturated heterocycles. The van der Waals surface area contributed by atoms with Gasteiger partial charge in [-0.15, -0.1) is 0 Å². The van der Waals surface area contributed by atoms with Gasteiger partial charge in [0.1, 0.15) is 5.84 Å². The van der Waals surface area contributed by atoms with E-state index in [-0.39, 0.29) is 0 Å². The van der Waals surface area contributed by atoms with Crippen LogP contribution >= 0.6 is 11.6 Å². The highest BCUT2D eigenvalue weighted by atomic mass is 35.5.